The van der Waals surface area contributed by atoms with Crippen molar-refractivity contribution in [2.45, 2.75) is 45.6 Å². The smallest absolute Gasteiger partial charge is 0.148 e. The zero-order chi connectivity index (χ0) is 14.9. The molecule has 6 heteroatoms. The molecule has 2 heterocycles. The summed E-state index contributed by atoms with van der Waals surface area (Å²) in [7, 11) is 2.12. The minimum atomic E-state index is -0.0979. The van der Waals surface area contributed by atoms with Gasteiger partial charge in [-0.25, -0.2) is 15.8 Å². The van der Waals surface area contributed by atoms with Crippen molar-refractivity contribution in [2.24, 2.45) is 5.84 Å². The predicted octanol–water partition coefficient (Wildman–Crippen LogP) is 2.31. The number of thioether (sulfide) groups is 1. The van der Waals surface area contributed by atoms with Crippen molar-refractivity contribution in [1.82, 2.24) is 9.97 Å². The topological polar surface area (TPSA) is 67.1 Å². The van der Waals surface area contributed by atoms with Gasteiger partial charge in [-0.05, 0) is 19.1 Å². The molecule has 0 amide bonds. The van der Waals surface area contributed by atoms with Gasteiger partial charge in [0.25, 0.3) is 0 Å². The number of hydrazine groups is 1. The molecule has 2 rings (SSSR count). The summed E-state index contributed by atoms with van der Waals surface area (Å²) in [6, 6.07) is 0.548. The Hall–Kier alpha value is -1.01. The molecule has 0 aromatic carbocycles. The second kappa shape index (κ2) is 5.77. The number of rotatable bonds is 3. The minimum absolute atomic E-state index is 0.0979. The van der Waals surface area contributed by atoms with Gasteiger partial charge in [0.15, 0.2) is 0 Å². The van der Waals surface area contributed by atoms with Crippen molar-refractivity contribution < 1.29 is 0 Å². The maximum atomic E-state index is 5.62. The van der Waals surface area contributed by atoms with E-state index in [-0.39, 0.29) is 5.41 Å². The van der Waals surface area contributed by atoms with Gasteiger partial charge in [0.05, 0.1) is 0 Å². The zero-order valence-electron chi connectivity index (χ0n) is 13.0. The summed E-state index contributed by atoms with van der Waals surface area (Å²) in [6.07, 6.45) is 1.21. The van der Waals surface area contributed by atoms with Gasteiger partial charge in [0.2, 0.25) is 0 Å². The van der Waals surface area contributed by atoms with Crippen molar-refractivity contribution in [3.63, 3.8) is 0 Å². The predicted molar refractivity (Wildman–Crippen MR) is 87.4 cm³/mol. The van der Waals surface area contributed by atoms with E-state index in [4.69, 9.17) is 10.8 Å². The van der Waals surface area contributed by atoms with Gasteiger partial charge in [-0.15, -0.1) is 0 Å². The summed E-state index contributed by atoms with van der Waals surface area (Å²) in [5.41, 5.74) is 3.63. The molecule has 1 atom stereocenters. The highest BCUT2D eigenvalue weighted by Crippen LogP contribution is 2.31. The first kappa shape index (κ1) is 15.4. The van der Waals surface area contributed by atoms with Crippen LogP contribution in [-0.2, 0) is 5.41 Å². The molecule has 112 valence electrons. The normalized spacial score (nSPS) is 19.2. The van der Waals surface area contributed by atoms with Crippen LogP contribution in [0.1, 0.15) is 38.6 Å². The number of hydrogen-bond donors (Lipinski definition) is 2. The van der Waals surface area contributed by atoms with Crippen molar-refractivity contribution in [3.8, 4) is 0 Å². The third-order valence-corrected chi connectivity index (χ3v) is 4.86. The van der Waals surface area contributed by atoms with Crippen LogP contribution in [0, 0.1) is 6.92 Å². The number of nitrogens with two attached hydrogens (primary N) is 1. The lowest BCUT2D eigenvalue weighted by molar-refractivity contribution is 0.542. The zero-order valence-corrected chi connectivity index (χ0v) is 13.8. The van der Waals surface area contributed by atoms with Crippen LogP contribution in [0.2, 0.25) is 0 Å². The fraction of sp³-hybridized carbons (Fsp3) is 0.714. The summed E-state index contributed by atoms with van der Waals surface area (Å²) in [4.78, 5) is 11.6. The molecular formula is C14H25N5S. The standard InChI is InChI=1S/C14H25N5S/c1-9-11(18-15)16-13(14(2,3)4)17-12(9)19(5)10-6-7-20-8-10/h10H,6-8,15H2,1-5H3,(H,16,17,18). The Labute approximate surface area is 125 Å². The summed E-state index contributed by atoms with van der Waals surface area (Å²) in [5.74, 6) is 10.5. The second-order valence-electron chi connectivity index (χ2n) is 6.37. The molecule has 1 aromatic rings. The molecule has 0 bridgehead atoms. The van der Waals surface area contributed by atoms with Gasteiger partial charge in [-0.3, -0.25) is 0 Å². The highest BCUT2D eigenvalue weighted by atomic mass is 32.2. The third kappa shape index (κ3) is 3.01. The van der Waals surface area contributed by atoms with Crippen LogP contribution in [0.4, 0.5) is 11.6 Å². The van der Waals surface area contributed by atoms with E-state index in [9.17, 15) is 0 Å². The molecule has 1 aliphatic heterocycles. The second-order valence-corrected chi connectivity index (χ2v) is 7.52. The Bertz CT molecular complexity index is 477. The van der Waals surface area contributed by atoms with Crippen LogP contribution < -0.4 is 16.2 Å². The monoisotopic (exact) mass is 295 g/mol. The van der Waals surface area contributed by atoms with E-state index >= 15 is 0 Å². The number of aromatic nitrogens is 2. The quantitative estimate of drug-likeness (QED) is 0.659. The first-order valence-corrected chi connectivity index (χ1v) is 8.16. The van der Waals surface area contributed by atoms with E-state index in [0.29, 0.717) is 6.04 Å². The fourth-order valence-electron chi connectivity index (χ4n) is 2.32. The van der Waals surface area contributed by atoms with Crippen molar-refractivity contribution in [2.75, 3.05) is 28.9 Å². The number of nitrogens with zero attached hydrogens (tertiary/aromatic N) is 3. The molecule has 0 spiro atoms. The molecule has 1 unspecified atom stereocenters. The van der Waals surface area contributed by atoms with Gasteiger partial charge in [0, 0.05) is 29.8 Å². The summed E-state index contributed by atoms with van der Waals surface area (Å²) in [5, 5.41) is 0. The lowest BCUT2D eigenvalue weighted by Crippen LogP contribution is -2.34. The largest absolute Gasteiger partial charge is 0.355 e. The van der Waals surface area contributed by atoms with E-state index in [1.165, 1.54) is 12.2 Å². The fourth-order valence-corrected chi connectivity index (χ4v) is 3.59. The van der Waals surface area contributed by atoms with Crippen molar-refractivity contribution >= 4 is 23.4 Å². The summed E-state index contributed by atoms with van der Waals surface area (Å²) >= 11 is 2.01. The van der Waals surface area contributed by atoms with Crippen LogP contribution in [-0.4, -0.2) is 34.6 Å². The third-order valence-electron chi connectivity index (χ3n) is 3.72. The number of anilines is 2. The van der Waals surface area contributed by atoms with E-state index in [0.717, 1.165) is 28.8 Å². The van der Waals surface area contributed by atoms with Crippen LogP contribution in [0.25, 0.3) is 0 Å². The maximum absolute atomic E-state index is 5.62. The Morgan fingerprint density at radius 2 is 2.05 bits per heavy atom. The number of nitrogens with one attached hydrogen (secondary N) is 1. The van der Waals surface area contributed by atoms with Gasteiger partial charge in [-0.1, -0.05) is 20.8 Å². The summed E-state index contributed by atoms with van der Waals surface area (Å²) < 4.78 is 0. The van der Waals surface area contributed by atoms with E-state index < -0.39 is 0 Å². The minimum Gasteiger partial charge on any atom is -0.355 e. The highest BCUT2D eigenvalue weighted by Gasteiger charge is 2.26. The van der Waals surface area contributed by atoms with Crippen molar-refractivity contribution in [1.29, 1.82) is 0 Å². The highest BCUT2D eigenvalue weighted by molar-refractivity contribution is 7.99. The SMILES string of the molecule is Cc1c(NN)nc(C(C)(C)C)nc1N(C)C1CCSC1. The number of nitrogen functional groups attached to an aromatic ring is 1. The Morgan fingerprint density at radius 1 is 1.35 bits per heavy atom. The molecule has 1 aliphatic rings. The molecule has 5 nitrogen and oxygen atoms in total. The van der Waals surface area contributed by atoms with Crippen LogP contribution in [0.5, 0.6) is 0 Å². The molecule has 3 N–H and O–H groups in total. The van der Waals surface area contributed by atoms with Gasteiger partial charge < -0.3 is 10.3 Å². The van der Waals surface area contributed by atoms with Gasteiger partial charge in [0.1, 0.15) is 17.5 Å². The molecule has 20 heavy (non-hydrogen) atoms. The number of hydrogen-bond acceptors (Lipinski definition) is 6. The molecular weight excluding hydrogens is 270 g/mol. The van der Waals surface area contributed by atoms with Crippen molar-refractivity contribution in [3.05, 3.63) is 11.4 Å². The van der Waals surface area contributed by atoms with Crippen LogP contribution >= 0.6 is 11.8 Å². The lowest BCUT2D eigenvalue weighted by Gasteiger charge is -2.29. The summed E-state index contributed by atoms with van der Waals surface area (Å²) in [6.45, 7) is 8.38. The Balaban J connectivity index is 2.44. The van der Waals surface area contributed by atoms with E-state index in [1.54, 1.807) is 0 Å². The first-order valence-electron chi connectivity index (χ1n) is 7.01. The maximum Gasteiger partial charge on any atom is 0.148 e. The molecule has 1 fully saturated rings. The first-order chi connectivity index (χ1) is 9.34. The Kier molecular flexibility index (Phi) is 4.44. The van der Waals surface area contributed by atoms with E-state index in [2.05, 4.69) is 43.1 Å². The van der Waals surface area contributed by atoms with Crippen LogP contribution in [0.15, 0.2) is 0 Å². The molecule has 1 saturated heterocycles. The van der Waals surface area contributed by atoms with Gasteiger partial charge in [-0.2, -0.15) is 11.8 Å². The molecule has 0 radical (unpaired) electrons. The molecule has 1 aromatic heterocycles. The Morgan fingerprint density at radius 3 is 2.55 bits per heavy atom. The lowest BCUT2D eigenvalue weighted by atomic mass is 9.95. The van der Waals surface area contributed by atoms with Gasteiger partial charge >= 0.3 is 0 Å². The average Bonchev–Trinajstić information content (AvgIpc) is 2.90. The molecule has 0 aliphatic carbocycles. The van der Waals surface area contributed by atoms with Crippen LogP contribution in [0.3, 0.4) is 0 Å². The van der Waals surface area contributed by atoms with E-state index in [1.807, 2.05) is 18.7 Å². The molecule has 0 saturated carbocycles. The average molecular weight is 295 g/mol.